The van der Waals surface area contributed by atoms with Crippen LogP contribution >= 0.6 is 0 Å². The highest BCUT2D eigenvalue weighted by atomic mass is 16.2. The first-order chi connectivity index (χ1) is 10.7. The Labute approximate surface area is 128 Å². The summed E-state index contributed by atoms with van der Waals surface area (Å²) in [6, 6.07) is 10.6. The van der Waals surface area contributed by atoms with Crippen LogP contribution in [0.4, 0.5) is 0 Å². The average molecular weight is 296 g/mol. The number of carbonyl (C=O) groups is 2. The van der Waals surface area contributed by atoms with Crippen LogP contribution in [0.2, 0.25) is 0 Å². The summed E-state index contributed by atoms with van der Waals surface area (Å²) >= 11 is 0. The standard InChI is InChI=1S/C16H16N4O2/c21-15(18-10-12-4-1-2-9-17-12)13-5-3-6-14(20-13)16(22)19-11-7-8-11/h1-6,9,11H,7-8,10H2,(H,18,21)(H,19,22). The number of aromatic nitrogens is 2. The van der Waals surface area contributed by atoms with E-state index in [0.29, 0.717) is 6.54 Å². The molecule has 112 valence electrons. The lowest BCUT2D eigenvalue weighted by Crippen LogP contribution is -2.28. The minimum atomic E-state index is -0.327. The van der Waals surface area contributed by atoms with E-state index in [4.69, 9.17) is 0 Å². The van der Waals surface area contributed by atoms with Crippen LogP contribution in [0.3, 0.4) is 0 Å². The predicted octanol–water partition coefficient (Wildman–Crippen LogP) is 1.30. The summed E-state index contributed by atoms with van der Waals surface area (Å²) in [5.41, 5.74) is 1.25. The fraction of sp³-hybridized carbons (Fsp3) is 0.250. The van der Waals surface area contributed by atoms with Crippen molar-refractivity contribution in [3.05, 3.63) is 59.7 Å². The molecule has 0 unspecified atom stereocenters. The van der Waals surface area contributed by atoms with Gasteiger partial charge in [-0.15, -0.1) is 0 Å². The van der Waals surface area contributed by atoms with Gasteiger partial charge in [-0.05, 0) is 37.1 Å². The van der Waals surface area contributed by atoms with E-state index in [1.54, 1.807) is 24.4 Å². The van der Waals surface area contributed by atoms with Gasteiger partial charge >= 0.3 is 0 Å². The molecule has 0 atom stereocenters. The summed E-state index contributed by atoms with van der Waals surface area (Å²) in [6.07, 6.45) is 3.69. The van der Waals surface area contributed by atoms with Crippen LogP contribution in [0.5, 0.6) is 0 Å². The Morgan fingerprint density at radius 2 is 1.82 bits per heavy atom. The Bertz CT molecular complexity index is 684. The van der Waals surface area contributed by atoms with E-state index in [1.165, 1.54) is 0 Å². The molecule has 6 heteroatoms. The zero-order valence-corrected chi connectivity index (χ0v) is 12.0. The zero-order valence-electron chi connectivity index (χ0n) is 12.0. The maximum absolute atomic E-state index is 12.1. The monoisotopic (exact) mass is 296 g/mol. The zero-order chi connectivity index (χ0) is 15.4. The number of nitrogens with zero attached hydrogens (tertiary/aromatic N) is 2. The second kappa shape index (κ2) is 6.34. The third-order valence-corrected chi connectivity index (χ3v) is 3.28. The maximum atomic E-state index is 12.1. The first-order valence-corrected chi connectivity index (χ1v) is 7.18. The fourth-order valence-corrected chi connectivity index (χ4v) is 1.94. The highest BCUT2D eigenvalue weighted by Crippen LogP contribution is 2.19. The van der Waals surface area contributed by atoms with Crippen molar-refractivity contribution in [1.29, 1.82) is 0 Å². The van der Waals surface area contributed by atoms with Crippen LogP contribution in [-0.4, -0.2) is 27.8 Å². The summed E-state index contributed by atoms with van der Waals surface area (Å²) in [5, 5.41) is 5.59. The topological polar surface area (TPSA) is 84.0 Å². The first kappa shape index (κ1) is 14.2. The second-order valence-corrected chi connectivity index (χ2v) is 5.16. The molecule has 2 aromatic heterocycles. The first-order valence-electron chi connectivity index (χ1n) is 7.18. The lowest BCUT2D eigenvalue weighted by atomic mass is 10.2. The molecule has 1 fully saturated rings. The lowest BCUT2D eigenvalue weighted by molar-refractivity contribution is 0.0941. The van der Waals surface area contributed by atoms with Gasteiger partial charge < -0.3 is 10.6 Å². The summed E-state index contributed by atoms with van der Waals surface area (Å²) < 4.78 is 0. The quantitative estimate of drug-likeness (QED) is 0.871. The Morgan fingerprint density at radius 1 is 1.05 bits per heavy atom. The molecule has 0 spiro atoms. The van der Waals surface area contributed by atoms with Crippen LogP contribution in [0.25, 0.3) is 0 Å². The van der Waals surface area contributed by atoms with Crippen LogP contribution in [0, 0.1) is 0 Å². The number of hydrogen-bond donors (Lipinski definition) is 2. The Hall–Kier alpha value is -2.76. The molecule has 1 aliphatic rings. The highest BCUT2D eigenvalue weighted by molar-refractivity contribution is 5.96. The maximum Gasteiger partial charge on any atom is 0.270 e. The Kier molecular flexibility index (Phi) is 4.09. The van der Waals surface area contributed by atoms with Gasteiger partial charge in [-0.25, -0.2) is 4.98 Å². The van der Waals surface area contributed by atoms with E-state index in [9.17, 15) is 9.59 Å². The number of nitrogens with one attached hydrogen (secondary N) is 2. The molecule has 0 aromatic carbocycles. The van der Waals surface area contributed by atoms with E-state index in [1.807, 2.05) is 18.2 Å². The number of rotatable bonds is 5. The van der Waals surface area contributed by atoms with Gasteiger partial charge in [0.05, 0.1) is 12.2 Å². The van der Waals surface area contributed by atoms with Gasteiger partial charge in [0, 0.05) is 12.2 Å². The van der Waals surface area contributed by atoms with Crippen molar-refractivity contribution in [2.45, 2.75) is 25.4 Å². The Morgan fingerprint density at radius 3 is 2.50 bits per heavy atom. The van der Waals surface area contributed by atoms with E-state index in [2.05, 4.69) is 20.6 Å². The summed E-state index contributed by atoms with van der Waals surface area (Å²) in [5.74, 6) is -0.561. The molecule has 2 amide bonds. The number of carbonyl (C=O) groups excluding carboxylic acids is 2. The summed E-state index contributed by atoms with van der Waals surface area (Å²) in [6.45, 7) is 0.319. The third kappa shape index (κ3) is 3.66. The van der Waals surface area contributed by atoms with E-state index < -0.39 is 0 Å². The minimum Gasteiger partial charge on any atom is -0.348 e. The lowest BCUT2D eigenvalue weighted by Gasteiger charge is -2.06. The molecule has 0 bridgehead atoms. The van der Waals surface area contributed by atoms with Gasteiger partial charge in [-0.1, -0.05) is 12.1 Å². The molecule has 6 nitrogen and oxygen atoms in total. The molecule has 0 radical (unpaired) electrons. The van der Waals surface area contributed by atoms with Crippen molar-refractivity contribution < 1.29 is 9.59 Å². The molecule has 1 aliphatic carbocycles. The molecule has 0 saturated heterocycles. The minimum absolute atomic E-state index is 0.222. The van der Waals surface area contributed by atoms with Crippen molar-refractivity contribution >= 4 is 11.8 Å². The van der Waals surface area contributed by atoms with Crippen molar-refractivity contribution in [3.8, 4) is 0 Å². The number of hydrogen-bond acceptors (Lipinski definition) is 4. The van der Waals surface area contributed by atoms with Gasteiger partial charge in [0.2, 0.25) is 0 Å². The van der Waals surface area contributed by atoms with Crippen molar-refractivity contribution in [1.82, 2.24) is 20.6 Å². The van der Waals surface area contributed by atoms with Crippen LogP contribution in [-0.2, 0) is 6.54 Å². The summed E-state index contributed by atoms with van der Waals surface area (Å²) in [4.78, 5) is 32.3. The molecule has 2 heterocycles. The Balaban J connectivity index is 1.63. The van der Waals surface area contributed by atoms with Crippen LogP contribution in [0.15, 0.2) is 42.6 Å². The molecule has 2 aromatic rings. The van der Waals surface area contributed by atoms with E-state index in [0.717, 1.165) is 18.5 Å². The van der Waals surface area contributed by atoms with Crippen molar-refractivity contribution in [2.75, 3.05) is 0 Å². The fourth-order valence-electron chi connectivity index (χ4n) is 1.94. The molecular formula is C16H16N4O2. The van der Waals surface area contributed by atoms with Crippen molar-refractivity contribution in [2.24, 2.45) is 0 Å². The van der Waals surface area contributed by atoms with Gasteiger partial charge in [-0.3, -0.25) is 14.6 Å². The van der Waals surface area contributed by atoms with Gasteiger partial charge in [-0.2, -0.15) is 0 Å². The van der Waals surface area contributed by atoms with E-state index in [-0.39, 0.29) is 29.2 Å². The molecule has 0 aliphatic heterocycles. The van der Waals surface area contributed by atoms with Gasteiger partial charge in [0.25, 0.3) is 11.8 Å². The second-order valence-electron chi connectivity index (χ2n) is 5.16. The molecular weight excluding hydrogens is 280 g/mol. The van der Waals surface area contributed by atoms with Gasteiger partial charge in [0.15, 0.2) is 0 Å². The normalized spacial score (nSPS) is 13.5. The van der Waals surface area contributed by atoms with E-state index >= 15 is 0 Å². The van der Waals surface area contributed by atoms with Crippen LogP contribution in [0.1, 0.15) is 39.5 Å². The van der Waals surface area contributed by atoms with Crippen LogP contribution < -0.4 is 10.6 Å². The molecule has 1 saturated carbocycles. The number of amides is 2. The largest absolute Gasteiger partial charge is 0.348 e. The smallest absolute Gasteiger partial charge is 0.270 e. The highest BCUT2D eigenvalue weighted by Gasteiger charge is 2.24. The van der Waals surface area contributed by atoms with Crippen molar-refractivity contribution in [3.63, 3.8) is 0 Å². The third-order valence-electron chi connectivity index (χ3n) is 3.28. The molecule has 22 heavy (non-hydrogen) atoms. The average Bonchev–Trinajstić information content (AvgIpc) is 3.37. The predicted molar refractivity (Wildman–Crippen MR) is 80.1 cm³/mol. The molecule has 2 N–H and O–H groups in total. The van der Waals surface area contributed by atoms with Gasteiger partial charge in [0.1, 0.15) is 11.4 Å². The summed E-state index contributed by atoms with van der Waals surface area (Å²) in [7, 11) is 0. The molecule has 3 rings (SSSR count). The number of pyridine rings is 2. The SMILES string of the molecule is O=C(NCc1ccccn1)c1cccc(C(=O)NC2CC2)n1.